The molecule has 0 aliphatic rings. The van der Waals surface area contributed by atoms with E-state index in [-0.39, 0.29) is 17.6 Å². The van der Waals surface area contributed by atoms with E-state index in [1.807, 2.05) is 48.5 Å². The molecule has 1 heterocycles. The van der Waals surface area contributed by atoms with E-state index in [9.17, 15) is 9.59 Å². The van der Waals surface area contributed by atoms with Gasteiger partial charge in [0.25, 0.3) is 5.91 Å². The van der Waals surface area contributed by atoms with Gasteiger partial charge in [-0.15, -0.1) is 0 Å². The Morgan fingerprint density at radius 1 is 1.03 bits per heavy atom. The topological polar surface area (TPSA) is 85.6 Å². The van der Waals surface area contributed by atoms with Crippen LogP contribution in [0.2, 0.25) is 5.02 Å². The predicted octanol–water partition coefficient (Wildman–Crippen LogP) is 5.30. The van der Waals surface area contributed by atoms with Crippen molar-refractivity contribution in [3.05, 3.63) is 88.9 Å². The first-order valence-electron chi connectivity index (χ1n) is 10.8. The Labute approximate surface area is 212 Å². The lowest BCUT2D eigenvalue weighted by Gasteiger charge is -2.10. The quantitative estimate of drug-likeness (QED) is 0.115. The van der Waals surface area contributed by atoms with Gasteiger partial charge in [0, 0.05) is 11.9 Å². The van der Waals surface area contributed by atoms with Crippen molar-refractivity contribution in [3.8, 4) is 5.75 Å². The van der Waals surface area contributed by atoms with Crippen molar-refractivity contribution in [1.82, 2.24) is 15.0 Å². The van der Waals surface area contributed by atoms with Crippen LogP contribution >= 0.6 is 23.4 Å². The molecule has 0 saturated carbocycles. The third-order valence-corrected chi connectivity index (χ3v) is 6.47. The first kappa shape index (κ1) is 24.5. The lowest BCUT2D eigenvalue weighted by Crippen LogP contribution is -2.21. The number of carbonyl (C=O) groups is 2. The number of nitrogens with one attached hydrogen (secondary N) is 1. The number of hydrogen-bond donors (Lipinski definition) is 1. The van der Waals surface area contributed by atoms with Crippen LogP contribution in [0.25, 0.3) is 11.0 Å². The molecule has 3 aromatic carbocycles. The van der Waals surface area contributed by atoms with Gasteiger partial charge in [-0.1, -0.05) is 53.7 Å². The van der Waals surface area contributed by atoms with Gasteiger partial charge in [-0.25, -0.2) is 10.4 Å². The van der Waals surface area contributed by atoms with Crippen LogP contribution in [0.1, 0.15) is 25.0 Å². The van der Waals surface area contributed by atoms with Crippen LogP contribution in [0.5, 0.6) is 5.75 Å². The lowest BCUT2D eigenvalue weighted by molar-refractivity contribution is -0.131. The molecule has 0 aliphatic heterocycles. The number of nitrogens with zero attached hydrogens (tertiary/aromatic N) is 3. The van der Waals surface area contributed by atoms with Crippen molar-refractivity contribution in [3.63, 3.8) is 0 Å². The molecule has 0 spiro atoms. The number of amides is 1. The molecular weight excluding hydrogens is 484 g/mol. The molecule has 0 bridgehead atoms. The largest absolute Gasteiger partial charge is 0.427 e. The Morgan fingerprint density at radius 2 is 1.74 bits per heavy atom. The Morgan fingerprint density at radius 3 is 2.49 bits per heavy atom. The molecule has 7 nitrogen and oxygen atoms in total. The summed E-state index contributed by atoms with van der Waals surface area (Å²) in [6.07, 6.45) is 0. The van der Waals surface area contributed by atoms with E-state index in [4.69, 9.17) is 21.3 Å². The molecule has 0 aliphatic carbocycles. The zero-order valence-corrected chi connectivity index (χ0v) is 20.8. The van der Waals surface area contributed by atoms with Gasteiger partial charge < -0.3 is 9.30 Å². The third-order valence-electron chi connectivity index (χ3n) is 5.12. The number of hydrogen-bond acceptors (Lipinski definition) is 6. The number of aromatic nitrogens is 2. The van der Waals surface area contributed by atoms with Gasteiger partial charge in [-0.05, 0) is 60.5 Å². The summed E-state index contributed by atoms with van der Waals surface area (Å²) >= 11 is 7.72. The average molecular weight is 507 g/mol. The van der Waals surface area contributed by atoms with Gasteiger partial charge in [0.2, 0.25) is 0 Å². The summed E-state index contributed by atoms with van der Waals surface area (Å²) in [5.41, 5.74) is 6.83. The van der Waals surface area contributed by atoms with Crippen molar-refractivity contribution in [2.75, 3.05) is 5.75 Å². The minimum absolute atomic E-state index is 0.147. The maximum Gasteiger partial charge on any atom is 0.308 e. The summed E-state index contributed by atoms with van der Waals surface area (Å²) in [5.74, 6) is -0.0294. The number of para-hydroxylation sites is 2. The van der Waals surface area contributed by atoms with E-state index in [0.29, 0.717) is 23.0 Å². The van der Waals surface area contributed by atoms with Crippen molar-refractivity contribution >= 4 is 52.0 Å². The van der Waals surface area contributed by atoms with E-state index < -0.39 is 0 Å². The second-order valence-electron chi connectivity index (χ2n) is 7.70. The number of esters is 1. The van der Waals surface area contributed by atoms with Gasteiger partial charge in [-0.3, -0.25) is 9.59 Å². The Bertz CT molecular complexity index is 1400. The van der Waals surface area contributed by atoms with Crippen LogP contribution in [0, 0.1) is 0 Å². The fraction of sp³-hybridized carbons (Fsp3) is 0.154. The average Bonchev–Trinajstić information content (AvgIpc) is 3.20. The SMILES string of the molecule is CC(=O)Oc1ccc(C(C)=NNC(=O)CSc2nc3ccccc3n2Cc2ccccc2Cl)cc1. The highest BCUT2D eigenvalue weighted by Gasteiger charge is 2.14. The van der Waals surface area contributed by atoms with Crippen molar-refractivity contribution in [2.45, 2.75) is 25.5 Å². The highest BCUT2D eigenvalue weighted by Crippen LogP contribution is 2.27. The molecule has 4 rings (SSSR count). The molecule has 1 amide bonds. The monoisotopic (exact) mass is 506 g/mol. The van der Waals surface area contributed by atoms with E-state index in [1.54, 1.807) is 31.2 Å². The fourth-order valence-electron chi connectivity index (χ4n) is 3.42. The summed E-state index contributed by atoms with van der Waals surface area (Å²) in [5, 5.41) is 5.60. The van der Waals surface area contributed by atoms with Crippen LogP contribution in [0.3, 0.4) is 0 Å². The molecule has 4 aromatic rings. The summed E-state index contributed by atoms with van der Waals surface area (Å²) in [4.78, 5) is 28.3. The number of fused-ring (bicyclic) bond motifs is 1. The zero-order chi connectivity index (χ0) is 24.8. The van der Waals surface area contributed by atoms with Crippen LogP contribution in [0.15, 0.2) is 83.1 Å². The Hall–Kier alpha value is -3.62. The van der Waals surface area contributed by atoms with Gasteiger partial charge in [-0.2, -0.15) is 5.10 Å². The van der Waals surface area contributed by atoms with Crippen LogP contribution in [-0.4, -0.2) is 32.9 Å². The maximum absolute atomic E-state index is 12.5. The second kappa shape index (κ2) is 11.2. The van der Waals surface area contributed by atoms with E-state index in [2.05, 4.69) is 15.1 Å². The normalized spacial score (nSPS) is 11.5. The second-order valence-corrected chi connectivity index (χ2v) is 9.05. The van der Waals surface area contributed by atoms with E-state index in [1.165, 1.54) is 18.7 Å². The Balaban J connectivity index is 1.43. The van der Waals surface area contributed by atoms with Gasteiger partial charge in [0.05, 0.1) is 29.0 Å². The van der Waals surface area contributed by atoms with Gasteiger partial charge >= 0.3 is 5.97 Å². The van der Waals surface area contributed by atoms with E-state index in [0.717, 1.165) is 27.3 Å². The molecule has 0 unspecified atom stereocenters. The number of thioether (sulfide) groups is 1. The first-order chi connectivity index (χ1) is 16.9. The van der Waals surface area contributed by atoms with Crippen molar-refractivity contribution < 1.29 is 14.3 Å². The summed E-state index contributed by atoms with van der Waals surface area (Å²) in [7, 11) is 0. The molecule has 0 radical (unpaired) electrons. The fourth-order valence-corrected chi connectivity index (χ4v) is 4.42. The van der Waals surface area contributed by atoms with Gasteiger partial charge in [0.1, 0.15) is 5.75 Å². The molecule has 1 aromatic heterocycles. The molecular formula is C26H23ClN4O3S. The van der Waals surface area contributed by atoms with E-state index >= 15 is 0 Å². The number of hydrazone groups is 1. The minimum Gasteiger partial charge on any atom is -0.427 e. The summed E-state index contributed by atoms with van der Waals surface area (Å²) in [6, 6.07) is 22.4. The number of halogens is 1. The molecule has 178 valence electrons. The molecule has 0 fully saturated rings. The zero-order valence-electron chi connectivity index (χ0n) is 19.2. The molecule has 0 atom stereocenters. The smallest absolute Gasteiger partial charge is 0.308 e. The predicted molar refractivity (Wildman–Crippen MR) is 139 cm³/mol. The van der Waals surface area contributed by atoms with Crippen LogP contribution in [0.4, 0.5) is 0 Å². The van der Waals surface area contributed by atoms with Gasteiger partial charge in [0.15, 0.2) is 5.16 Å². The minimum atomic E-state index is -0.381. The number of benzene rings is 3. The molecule has 0 saturated heterocycles. The standard InChI is InChI=1S/C26H23ClN4O3S/c1-17(19-11-13-21(14-12-19)34-18(2)32)29-30-25(33)16-35-26-28-23-9-5-6-10-24(23)31(26)15-20-7-3-4-8-22(20)27/h3-14H,15-16H2,1-2H3,(H,30,33). The Kier molecular flexibility index (Phi) is 7.84. The lowest BCUT2D eigenvalue weighted by atomic mass is 10.1. The number of carbonyl (C=O) groups excluding carboxylic acids is 2. The summed E-state index contributed by atoms with van der Waals surface area (Å²) in [6.45, 7) is 3.68. The molecule has 35 heavy (non-hydrogen) atoms. The molecule has 9 heteroatoms. The van der Waals surface area contributed by atoms with Crippen molar-refractivity contribution in [2.24, 2.45) is 5.10 Å². The number of imidazole rings is 1. The summed E-state index contributed by atoms with van der Waals surface area (Å²) < 4.78 is 7.09. The van der Waals surface area contributed by atoms with Crippen LogP contribution in [-0.2, 0) is 16.1 Å². The number of ether oxygens (including phenoxy) is 1. The maximum atomic E-state index is 12.5. The highest BCUT2D eigenvalue weighted by molar-refractivity contribution is 7.99. The van der Waals surface area contributed by atoms with Crippen LogP contribution < -0.4 is 10.2 Å². The first-order valence-corrected chi connectivity index (χ1v) is 12.2. The van der Waals surface area contributed by atoms with Crippen molar-refractivity contribution in [1.29, 1.82) is 0 Å². The highest BCUT2D eigenvalue weighted by atomic mass is 35.5. The number of rotatable bonds is 8. The third kappa shape index (κ3) is 6.29. The molecule has 1 N–H and O–H groups in total.